The number of fused-ring (bicyclic) bond motifs is 5. The van der Waals surface area contributed by atoms with E-state index in [1.165, 1.54) is 6.42 Å². The highest BCUT2D eigenvalue weighted by molar-refractivity contribution is 5.04. The summed E-state index contributed by atoms with van der Waals surface area (Å²) in [5, 5.41) is 0. The van der Waals surface area contributed by atoms with Crippen molar-refractivity contribution in [2.45, 2.75) is 91.9 Å². The molecule has 0 N–H and O–H groups in total. The van der Waals surface area contributed by atoms with Crippen molar-refractivity contribution in [3.05, 3.63) is 0 Å². The van der Waals surface area contributed by atoms with Gasteiger partial charge in [-0.05, 0) is 85.9 Å². The van der Waals surface area contributed by atoms with Crippen LogP contribution >= 0.6 is 0 Å². The van der Waals surface area contributed by atoms with Crippen molar-refractivity contribution < 1.29 is 0 Å². The molecule has 0 heteroatoms. The second-order valence-corrected chi connectivity index (χ2v) is 8.86. The van der Waals surface area contributed by atoms with E-state index in [2.05, 4.69) is 13.8 Å². The molecular formula is C21H38. The molecule has 0 aromatic rings. The van der Waals surface area contributed by atoms with Gasteiger partial charge in [-0.3, -0.25) is 0 Å². The number of hydrogen-bond acceptors (Lipinski definition) is 0. The van der Waals surface area contributed by atoms with E-state index in [1.807, 2.05) is 13.8 Å². The lowest BCUT2D eigenvalue weighted by Crippen LogP contribution is -2.50. The minimum Gasteiger partial charge on any atom is -0.0683 e. The largest absolute Gasteiger partial charge is 0.0683 e. The molecule has 21 heavy (non-hydrogen) atoms. The Kier molecular flexibility index (Phi) is 4.72. The van der Waals surface area contributed by atoms with Gasteiger partial charge in [0.25, 0.3) is 0 Å². The van der Waals surface area contributed by atoms with Gasteiger partial charge < -0.3 is 0 Å². The molecule has 0 amide bonds. The second kappa shape index (κ2) is 6.25. The summed E-state index contributed by atoms with van der Waals surface area (Å²) in [6, 6.07) is 0. The molecule has 0 aliphatic heterocycles. The second-order valence-electron chi connectivity index (χ2n) is 8.86. The fourth-order valence-corrected chi connectivity index (χ4v) is 7.09. The summed E-state index contributed by atoms with van der Waals surface area (Å²) in [6.45, 7) is 9.20. The quantitative estimate of drug-likeness (QED) is 0.466. The maximum absolute atomic E-state index is 2.70. The van der Waals surface area contributed by atoms with Crippen LogP contribution in [0.3, 0.4) is 0 Å². The van der Waals surface area contributed by atoms with Crippen LogP contribution in [0.15, 0.2) is 0 Å². The molecule has 0 aromatic heterocycles. The molecule has 0 aromatic carbocycles. The third-order valence-electron chi connectivity index (χ3n) is 8.12. The summed E-state index contributed by atoms with van der Waals surface area (Å²) >= 11 is 0. The topological polar surface area (TPSA) is 0 Å². The van der Waals surface area contributed by atoms with E-state index in [0.717, 1.165) is 40.9 Å². The molecule has 0 bridgehead atoms. The van der Waals surface area contributed by atoms with Gasteiger partial charge in [0.1, 0.15) is 0 Å². The SMILES string of the molecule is CC.C[C@@H]1CC[C@@]2(C)C(CCC3C4CCCC4CCC32)C1. The molecule has 0 heterocycles. The highest BCUT2D eigenvalue weighted by Crippen LogP contribution is 2.63. The van der Waals surface area contributed by atoms with Crippen molar-refractivity contribution in [2.24, 2.45) is 40.9 Å². The summed E-state index contributed by atoms with van der Waals surface area (Å²) < 4.78 is 0. The third-order valence-corrected chi connectivity index (χ3v) is 8.12. The minimum atomic E-state index is 0.739. The first-order valence-electron chi connectivity index (χ1n) is 10.2. The summed E-state index contributed by atoms with van der Waals surface area (Å²) in [4.78, 5) is 0. The first kappa shape index (κ1) is 15.9. The highest BCUT2D eigenvalue weighted by Gasteiger charge is 2.54. The van der Waals surface area contributed by atoms with E-state index in [1.54, 1.807) is 57.8 Å². The lowest BCUT2D eigenvalue weighted by molar-refractivity contribution is -0.0918. The predicted molar refractivity (Wildman–Crippen MR) is 92.2 cm³/mol. The zero-order valence-corrected chi connectivity index (χ0v) is 15.0. The van der Waals surface area contributed by atoms with Crippen LogP contribution in [0.4, 0.5) is 0 Å². The van der Waals surface area contributed by atoms with E-state index in [4.69, 9.17) is 0 Å². The Morgan fingerprint density at radius 1 is 0.810 bits per heavy atom. The van der Waals surface area contributed by atoms with Gasteiger partial charge in [-0.25, -0.2) is 0 Å². The molecule has 122 valence electrons. The lowest BCUT2D eigenvalue weighted by Gasteiger charge is -2.59. The van der Waals surface area contributed by atoms with Gasteiger partial charge in [0.05, 0.1) is 0 Å². The maximum Gasteiger partial charge on any atom is -0.0266 e. The number of rotatable bonds is 0. The van der Waals surface area contributed by atoms with Crippen LogP contribution in [0, 0.1) is 40.9 Å². The van der Waals surface area contributed by atoms with Crippen molar-refractivity contribution in [3.8, 4) is 0 Å². The van der Waals surface area contributed by atoms with Crippen molar-refractivity contribution in [1.29, 1.82) is 0 Å². The molecule has 0 saturated heterocycles. The van der Waals surface area contributed by atoms with Crippen LogP contribution in [0.2, 0.25) is 0 Å². The zero-order valence-electron chi connectivity index (χ0n) is 15.0. The van der Waals surface area contributed by atoms with Crippen LogP contribution in [0.5, 0.6) is 0 Å². The van der Waals surface area contributed by atoms with Gasteiger partial charge in [-0.15, -0.1) is 0 Å². The minimum absolute atomic E-state index is 0.739. The Bertz CT molecular complexity index is 346. The predicted octanol–water partition coefficient (Wildman–Crippen LogP) is 6.69. The number of hydrogen-bond donors (Lipinski definition) is 0. The van der Waals surface area contributed by atoms with Gasteiger partial charge in [0.15, 0.2) is 0 Å². The first-order chi connectivity index (χ1) is 10.2. The van der Waals surface area contributed by atoms with Crippen LogP contribution in [0.25, 0.3) is 0 Å². The normalized spacial score (nSPS) is 52.0. The molecule has 4 aliphatic carbocycles. The average Bonchev–Trinajstić information content (AvgIpc) is 2.99. The van der Waals surface area contributed by atoms with E-state index in [9.17, 15) is 0 Å². The molecule has 0 nitrogen and oxygen atoms in total. The maximum atomic E-state index is 2.70. The van der Waals surface area contributed by atoms with Crippen molar-refractivity contribution in [2.75, 3.05) is 0 Å². The summed E-state index contributed by atoms with van der Waals surface area (Å²) in [5.41, 5.74) is 0.739. The fraction of sp³-hybridized carbons (Fsp3) is 1.00. The molecular weight excluding hydrogens is 252 g/mol. The van der Waals surface area contributed by atoms with Crippen molar-refractivity contribution in [3.63, 3.8) is 0 Å². The molecule has 4 rings (SSSR count). The lowest BCUT2D eigenvalue weighted by atomic mass is 9.46. The van der Waals surface area contributed by atoms with Crippen molar-refractivity contribution in [1.82, 2.24) is 0 Å². The third kappa shape index (κ3) is 2.59. The molecule has 4 fully saturated rings. The first-order valence-corrected chi connectivity index (χ1v) is 10.2. The molecule has 5 unspecified atom stereocenters. The van der Waals surface area contributed by atoms with Gasteiger partial charge in [0, 0.05) is 0 Å². The van der Waals surface area contributed by atoms with E-state index in [0.29, 0.717) is 0 Å². The van der Waals surface area contributed by atoms with Gasteiger partial charge in [0.2, 0.25) is 0 Å². The van der Waals surface area contributed by atoms with Crippen molar-refractivity contribution >= 4 is 0 Å². The molecule has 4 aliphatic rings. The van der Waals surface area contributed by atoms with Crippen LogP contribution < -0.4 is 0 Å². The summed E-state index contributed by atoms with van der Waals surface area (Å²) in [6.07, 6.45) is 15.7. The molecule has 0 spiro atoms. The Labute approximate surface area is 133 Å². The molecule has 4 saturated carbocycles. The van der Waals surface area contributed by atoms with E-state index in [-0.39, 0.29) is 0 Å². The summed E-state index contributed by atoms with van der Waals surface area (Å²) in [7, 11) is 0. The highest BCUT2D eigenvalue weighted by atomic mass is 14.6. The Balaban J connectivity index is 0.000000636. The monoisotopic (exact) mass is 290 g/mol. The van der Waals surface area contributed by atoms with Crippen LogP contribution in [-0.4, -0.2) is 0 Å². The van der Waals surface area contributed by atoms with Gasteiger partial charge >= 0.3 is 0 Å². The van der Waals surface area contributed by atoms with Crippen LogP contribution in [-0.2, 0) is 0 Å². The summed E-state index contributed by atoms with van der Waals surface area (Å²) in [5.74, 6) is 6.63. The fourth-order valence-electron chi connectivity index (χ4n) is 7.09. The standard InChI is InChI=1S/C19H32.C2H6/c1-13-10-11-19(2)15(12-13)7-8-17-16-5-3-4-14(16)6-9-18(17)19;1-2/h13-18H,3-12H2,1-2H3;1-2H3/t13-,14?,15?,16?,17?,18?,19+;/m1./s1. The van der Waals surface area contributed by atoms with Gasteiger partial charge in [-0.1, -0.05) is 47.0 Å². The Hall–Kier alpha value is 0. The van der Waals surface area contributed by atoms with Crippen LogP contribution in [0.1, 0.15) is 91.9 Å². The van der Waals surface area contributed by atoms with Gasteiger partial charge in [-0.2, -0.15) is 0 Å². The Morgan fingerprint density at radius 3 is 2.43 bits per heavy atom. The molecule has 7 atom stereocenters. The molecule has 0 radical (unpaired) electrons. The van der Waals surface area contributed by atoms with E-state index >= 15 is 0 Å². The average molecular weight is 291 g/mol. The zero-order chi connectivity index (χ0) is 15.0. The van der Waals surface area contributed by atoms with E-state index < -0.39 is 0 Å². The Morgan fingerprint density at radius 2 is 1.62 bits per heavy atom. The smallest absolute Gasteiger partial charge is 0.0266 e.